The smallest absolute Gasteiger partial charge is 0.336 e. The normalized spacial score (nSPS) is 13.9. The minimum absolute atomic E-state index is 0.196. The van der Waals surface area contributed by atoms with Crippen molar-refractivity contribution in [3.8, 4) is 0 Å². The molecule has 1 aromatic heterocycles. The highest BCUT2D eigenvalue weighted by atomic mass is 19.4. The molecule has 1 saturated heterocycles. The van der Waals surface area contributed by atoms with Crippen LogP contribution in [-0.2, 0) is 6.18 Å². The minimum Gasteiger partial charge on any atom is -0.336 e. The first-order chi connectivity index (χ1) is 17.8. The number of fused-ring (bicyclic) bond motifs is 1. The Morgan fingerprint density at radius 3 is 2.41 bits per heavy atom. The number of anilines is 2. The maximum atomic E-state index is 12.9. The molecule has 1 fully saturated rings. The fraction of sp³-hybridized carbons (Fsp3) is 0.346. The van der Waals surface area contributed by atoms with Gasteiger partial charge in [0.05, 0.1) is 11.1 Å². The quantitative estimate of drug-likeness (QED) is 0.395. The fourth-order valence-corrected chi connectivity index (χ4v) is 4.16. The van der Waals surface area contributed by atoms with Crippen LogP contribution in [0, 0.1) is 0 Å². The molecule has 0 saturated carbocycles. The SMILES string of the molecule is O=C(NCCN(CCN1CCCC1)C(=O)Nc1ccc(C(F)(F)F)cc1)Nc1ccc2ncccc2c1. The number of rotatable bonds is 8. The Balaban J connectivity index is 1.32. The zero-order valence-electron chi connectivity index (χ0n) is 20.2. The van der Waals surface area contributed by atoms with Crippen LogP contribution in [0.1, 0.15) is 18.4 Å². The molecular formula is C26H29F3N6O2. The Hall–Kier alpha value is -3.86. The van der Waals surface area contributed by atoms with Gasteiger partial charge in [0.15, 0.2) is 0 Å². The van der Waals surface area contributed by atoms with Gasteiger partial charge in [0, 0.05) is 49.1 Å². The average molecular weight is 515 g/mol. The molecule has 0 spiro atoms. The number of nitrogens with zero attached hydrogens (tertiary/aromatic N) is 3. The lowest BCUT2D eigenvalue weighted by Gasteiger charge is -2.26. The number of likely N-dealkylation sites (tertiary alicyclic amines) is 1. The lowest BCUT2D eigenvalue weighted by molar-refractivity contribution is -0.137. The molecule has 2 aromatic carbocycles. The molecule has 0 bridgehead atoms. The van der Waals surface area contributed by atoms with Crippen LogP contribution in [0.25, 0.3) is 10.9 Å². The number of amides is 4. The second-order valence-corrected chi connectivity index (χ2v) is 8.83. The van der Waals surface area contributed by atoms with Gasteiger partial charge >= 0.3 is 18.2 Å². The zero-order valence-corrected chi connectivity index (χ0v) is 20.2. The molecule has 37 heavy (non-hydrogen) atoms. The van der Waals surface area contributed by atoms with Crippen molar-refractivity contribution in [2.45, 2.75) is 19.0 Å². The topological polar surface area (TPSA) is 89.6 Å². The van der Waals surface area contributed by atoms with Gasteiger partial charge in [0.2, 0.25) is 0 Å². The fourth-order valence-electron chi connectivity index (χ4n) is 4.16. The molecule has 4 amide bonds. The molecule has 3 N–H and O–H groups in total. The van der Waals surface area contributed by atoms with E-state index >= 15 is 0 Å². The zero-order chi connectivity index (χ0) is 26.3. The van der Waals surface area contributed by atoms with Gasteiger partial charge in [0.1, 0.15) is 0 Å². The third-order valence-electron chi connectivity index (χ3n) is 6.16. The van der Waals surface area contributed by atoms with Gasteiger partial charge in [-0.15, -0.1) is 0 Å². The number of hydrogen-bond acceptors (Lipinski definition) is 4. The third kappa shape index (κ3) is 7.56. The standard InChI is InChI=1S/C26H29F3N6O2/c27-26(28,29)20-5-7-21(8-6-20)33-25(37)35(17-16-34-13-1-2-14-34)15-12-31-24(36)32-22-9-10-23-19(18-22)4-3-11-30-23/h3-11,18H,1-2,12-17H2,(H,33,37)(H2,31,32,36). The van der Waals surface area contributed by atoms with E-state index in [1.807, 2.05) is 24.3 Å². The molecule has 2 heterocycles. The highest BCUT2D eigenvalue weighted by Crippen LogP contribution is 2.29. The summed E-state index contributed by atoms with van der Waals surface area (Å²) in [6, 6.07) is 12.6. The summed E-state index contributed by atoms with van der Waals surface area (Å²) in [7, 11) is 0. The lowest BCUT2D eigenvalue weighted by Crippen LogP contribution is -2.44. The van der Waals surface area contributed by atoms with Crippen molar-refractivity contribution >= 4 is 34.3 Å². The van der Waals surface area contributed by atoms with Gasteiger partial charge in [-0.1, -0.05) is 6.07 Å². The number of alkyl halides is 3. The van der Waals surface area contributed by atoms with E-state index in [0.29, 0.717) is 18.8 Å². The summed E-state index contributed by atoms with van der Waals surface area (Å²) in [5, 5.41) is 9.08. The number of halogens is 3. The third-order valence-corrected chi connectivity index (χ3v) is 6.16. The van der Waals surface area contributed by atoms with Gasteiger partial charge < -0.3 is 25.8 Å². The second-order valence-electron chi connectivity index (χ2n) is 8.83. The number of nitrogens with one attached hydrogen (secondary N) is 3. The number of aromatic nitrogens is 1. The lowest BCUT2D eigenvalue weighted by atomic mass is 10.2. The van der Waals surface area contributed by atoms with E-state index in [2.05, 4.69) is 25.8 Å². The first-order valence-electron chi connectivity index (χ1n) is 12.1. The van der Waals surface area contributed by atoms with Crippen molar-refractivity contribution in [1.29, 1.82) is 0 Å². The first kappa shape index (κ1) is 26.2. The molecule has 196 valence electrons. The molecule has 4 rings (SSSR count). The molecule has 0 aliphatic carbocycles. The largest absolute Gasteiger partial charge is 0.416 e. The van der Waals surface area contributed by atoms with Gasteiger partial charge in [-0.2, -0.15) is 13.2 Å². The van der Waals surface area contributed by atoms with Crippen molar-refractivity contribution in [2.24, 2.45) is 0 Å². The Bertz CT molecular complexity index is 1210. The Morgan fingerprint density at radius 2 is 1.68 bits per heavy atom. The number of urea groups is 2. The van der Waals surface area contributed by atoms with E-state index in [9.17, 15) is 22.8 Å². The summed E-state index contributed by atoms with van der Waals surface area (Å²) in [6.07, 6.45) is -0.514. The van der Waals surface area contributed by atoms with Crippen LogP contribution in [0.3, 0.4) is 0 Å². The van der Waals surface area contributed by atoms with Crippen LogP contribution in [0.4, 0.5) is 34.1 Å². The predicted molar refractivity (Wildman–Crippen MR) is 136 cm³/mol. The molecular weight excluding hydrogens is 485 g/mol. The van der Waals surface area contributed by atoms with Crippen LogP contribution >= 0.6 is 0 Å². The van der Waals surface area contributed by atoms with Crippen LogP contribution in [0.5, 0.6) is 0 Å². The highest BCUT2D eigenvalue weighted by molar-refractivity contribution is 5.92. The summed E-state index contributed by atoms with van der Waals surface area (Å²) in [4.78, 5) is 33.4. The van der Waals surface area contributed by atoms with Gasteiger partial charge in [-0.3, -0.25) is 4.98 Å². The van der Waals surface area contributed by atoms with E-state index in [4.69, 9.17) is 0 Å². The van der Waals surface area contributed by atoms with Gasteiger partial charge in [0.25, 0.3) is 0 Å². The molecule has 3 aromatic rings. The molecule has 1 aliphatic heterocycles. The van der Waals surface area contributed by atoms with Crippen LogP contribution in [-0.4, -0.2) is 66.1 Å². The van der Waals surface area contributed by atoms with E-state index in [1.165, 1.54) is 12.1 Å². The Morgan fingerprint density at radius 1 is 0.946 bits per heavy atom. The Labute approximate surface area is 212 Å². The average Bonchev–Trinajstić information content (AvgIpc) is 3.39. The number of benzene rings is 2. The molecule has 0 radical (unpaired) electrons. The van der Waals surface area contributed by atoms with Crippen LogP contribution in [0.2, 0.25) is 0 Å². The maximum Gasteiger partial charge on any atom is 0.416 e. The number of carbonyl (C=O) groups is 2. The molecule has 0 atom stereocenters. The number of carbonyl (C=O) groups excluding carboxylic acids is 2. The summed E-state index contributed by atoms with van der Waals surface area (Å²) in [6.45, 7) is 3.47. The molecule has 1 aliphatic rings. The summed E-state index contributed by atoms with van der Waals surface area (Å²) >= 11 is 0. The predicted octanol–water partition coefficient (Wildman–Crippen LogP) is 5.01. The first-order valence-corrected chi connectivity index (χ1v) is 12.1. The monoisotopic (exact) mass is 514 g/mol. The van der Waals surface area contributed by atoms with Crippen LogP contribution in [0.15, 0.2) is 60.8 Å². The molecule has 8 nitrogen and oxygen atoms in total. The second kappa shape index (κ2) is 11.9. The molecule has 0 unspecified atom stereocenters. The van der Waals surface area contributed by atoms with Crippen LogP contribution < -0.4 is 16.0 Å². The van der Waals surface area contributed by atoms with Crippen molar-refractivity contribution < 1.29 is 22.8 Å². The van der Waals surface area contributed by atoms with E-state index in [0.717, 1.165) is 49.0 Å². The number of hydrogen-bond donors (Lipinski definition) is 3. The number of pyridine rings is 1. The van der Waals surface area contributed by atoms with Crippen molar-refractivity contribution in [2.75, 3.05) is 49.9 Å². The van der Waals surface area contributed by atoms with E-state index in [-0.39, 0.29) is 18.8 Å². The van der Waals surface area contributed by atoms with E-state index in [1.54, 1.807) is 17.2 Å². The van der Waals surface area contributed by atoms with Gasteiger partial charge in [-0.05, 0) is 74.5 Å². The highest BCUT2D eigenvalue weighted by Gasteiger charge is 2.30. The Kier molecular flexibility index (Phi) is 8.44. The molecule has 11 heteroatoms. The maximum absolute atomic E-state index is 12.9. The summed E-state index contributed by atoms with van der Waals surface area (Å²) in [5.41, 5.74) is 0.917. The van der Waals surface area contributed by atoms with Crippen molar-refractivity contribution in [3.05, 3.63) is 66.4 Å². The van der Waals surface area contributed by atoms with E-state index < -0.39 is 23.8 Å². The van der Waals surface area contributed by atoms with Gasteiger partial charge in [-0.25, -0.2) is 9.59 Å². The minimum atomic E-state index is -4.44. The van der Waals surface area contributed by atoms with Crippen molar-refractivity contribution in [1.82, 2.24) is 20.1 Å². The summed E-state index contributed by atoms with van der Waals surface area (Å²) < 4.78 is 38.5. The summed E-state index contributed by atoms with van der Waals surface area (Å²) in [5.74, 6) is 0. The van der Waals surface area contributed by atoms with Crippen molar-refractivity contribution in [3.63, 3.8) is 0 Å².